The van der Waals surface area contributed by atoms with E-state index in [0.717, 1.165) is 38.0 Å². The van der Waals surface area contributed by atoms with E-state index in [1.807, 2.05) is 19.9 Å². The van der Waals surface area contributed by atoms with Crippen molar-refractivity contribution in [2.45, 2.75) is 38.8 Å². The molecule has 0 saturated heterocycles. The third kappa shape index (κ3) is 3.78. The quantitative estimate of drug-likeness (QED) is 0.871. The highest BCUT2D eigenvalue weighted by molar-refractivity contribution is 5.87. The molecule has 0 aromatic heterocycles. The third-order valence-corrected chi connectivity index (χ3v) is 3.58. The fourth-order valence-electron chi connectivity index (χ4n) is 2.37. The van der Waals surface area contributed by atoms with Gasteiger partial charge in [-0.05, 0) is 49.9 Å². The predicted molar refractivity (Wildman–Crippen MR) is 73.3 cm³/mol. The summed E-state index contributed by atoms with van der Waals surface area (Å²) in [5.74, 6) is -0.878. The van der Waals surface area contributed by atoms with Crippen LogP contribution in [0.5, 0.6) is 0 Å². The van der Waals surface area contributed by atoms with Gasteiger partial charge in [0.2, 0.25) is 0 Å². The molecular formula is C15H21NO3. The van der Waals surface area contributed by atoms with Crippen LogP contribution in [0.3, 0.4) is 0 Å². The summed E-state index contributed by atoms with van der Waals surface area (Å²) in [5, 5.41) is 18.8. The molecule has 1 aliphatic heterocycles. The number of nitrogens with zero attached hydrogens (tertiary/aromatic N) is 1. The van der Waals surface area contributed by atoms with Crippen LogP contribution < -0.4 is 0 Å². The fourth-order valence-corrected chi connectivity index (χ4v) is 2.37. The van der Waals surface area contributed by atoms with E-state index >= 15 is 0 Å². The van der Waals surface area contributed by atoms with Gasteiger partial charge in [0, 0.05) is 19.6 Å². The minimum absolute atomic E-state index is 0.350. The highest BCUT2D eigenvalue weighted by Gasteiger charge is 2.20. The summed E-state index contributed by atoms with van der Waals surface area (Å²) < 4.78 is 0. The second kappa shape index (κ2) is 5.31. The number of aromatic carboxylic acids is 1. The number of hydrogen-bond donors (Lipinski definition) is 2. The lowest BCUT2D eigenvalue weighted by molar-refractivity contribution is 0.0558. The lowest BCUT2D eigenvalue weighted by Gasteiger charge is -2.30. The number of benzene rings is 1. The predicted octanol–water partition coefficient (Wildman–Crippen LogP) is 1.90. The van der Waals surface area contributed by atoms with E-state index in [2.05, 4.69) is 4.90 Å². The average molecular weight is 263 g/mol. The van der Waals surface area contributed by atoms with Gasteiger partial charge in [-0.2, -0.15) is 0 Å². The van der Waals surface area contributed by atoms with Crippen molar-refractivity contribution in [1.82, 2.24) is 4.90 Å². The number of fused-ring (bicyclic) bond motifs is 1. The van der Waals surface area contributed by atoms with Gasteiger partial charge in [0.25, 0.3) is 0 Å². The van der Waals surface area contributed by atoms with E-state index in [9.17, 15) is 9.90 Å². The van der Waals surface area contributed by atoms with Gasteiger partial charge in [0.15, 0.2) is 0 Å². The van der Waals surface area contributed by atoms with Crippen LogP contribution in [0.15, 0.2) is 18.2 Å². The van der Waals surface area contributed by atoms with Crippen LogP contribution >= 0.6 is 0 Å². The maximum atomic E-state index is 11.0. The molecule has 2 rings (SSSR count). The molecule has 0 bridgehead atoms. The molecule has 0 fully saturated rings. The molecule has 0 atom stereocenters. The van der Waals surface area contributed by atoms with E-state index in [4.69, 9.17) is 5.11 Å². The van der Waals surface area contributed by atoms with Crippen molar-refractivity contribution in [3.05, 3.63) is 34.9 Å². The van der Waals surface area contributed by atoms with E-state index in [1.165, 1.54) is 5.56 Å². The molecule has 1 aromatic rings. The number of carboxylic acid groups (broad SMARTS) is 1. The first kappa shape index (κ1) is 14.0. The van der Waals surface area contributed by atoms with E-state index in [0.29, 0.717) is 5.56 Å². The molecule has 0 amide bonds. The molecule has 0 radical (unpaired) electrons. The first-order valence-electron chi connectivity index (χ1n) is 6.65. The molecule has 4 nitrogen and oxygen atoms in total. The molecule has 0 spiro atoms. The largest absolute Gasteiger partial charge is 0.478 e. The first-order valence-corrected chi connectivity index (χ1v) is 6.65. The van der Waals surface area contributed by atoms with Gasteiger partial charge >= 0.3 is 5.97 Å². The van der Waals surface area contributed by atoms with E-state index in [-0.39, 0.29) is 0 Å². The molecule has 1 aliphatic rings. The summed E-state index contributed by atoms with van der Waals surface area (Å²) in [7, 11) is 0. The summed E-state index contributed by atoms with van der Waals surface area (Å²) in [6, 6.07) is 5.37. The molecule has 2 N–H and O–H groups in total. The molecule has 0 unspecified atom stereocenters. The van der Waals surface area contributed by atoms with Crippen molar-refractivity contribution in [2.75, 3.05) is 13.1 Å². The van der Waals surface area contributed by atoms with Gasteiger partial charge in [-0.15, -0.1) is 0 Å². The van der Waals surface area contributed by atoms with Crippen molar-refractivity contribution in [1.29, 1.82) is 0 Å². The Morgan fingerprint density at radius 3 is 2.74 bits per heavy atom. The molecule has 1 aromatic carbocycles. The van der Waals surface area contributed by atoms with Crippen LogP contribution in [0, 0.1) is 0 Å². The second-order valence-electron chi connectivity index (χ2n) is 5.88. The third-order valence-electron chi connectivity index (χ3n) is 3.58. The minimum Gasteiger partial charge on any atom is -0.478 e. The van der Waals surface area contributed by atoms with Crippen LogP contribution in [0.1, 0.15) is 41.8 Å². The number of rotatable bonds is 4. The van der Waals surface area contributed by atoms with Crippen LogP contribution in [0.25, 0.3) is 0 Å². The highest BCUT2D eigenvalue weighted by Crippen LogP contribution is 2.21. The fraction of sp³-hybridized carbons (Fsp3) is 0.533. The number of aliphatic hydroxyl groups is 1. The molecule has 0 aliphatic carbocycles. The molecule has 104 valence electrons. The monoisotopic (exact) mass is 263 g/mol. The summed E-state index contributed by atoms with van der Waals surface area (Å²) in [6.45, 7) is 6.20. The molecule has 4 heteroatoms. The standard InChI is InChI=1S/C15H21NO3/c1-15(2,19)6-8-16-7-5-11-3-4-12(14(17)18)9-13(11)10-16/h3-4,9,19H,5-8,10H2,1-2H3,(H,17,18). The Kier molecular flexibility index (Phi) is 3.92. The van der Waals surface area contributed by atoms with Gasteiger partial charge in [-0.1, -0.05) is 6.07 Å². The van der Waals surface area contributed by atoms with Crippen molar-refractivity contribution in [2.24, 2.45) is 0 Å². The summed E-state index contributed by atoms with van der Waals surface area (Å²) in [5.41, 5.74) is 2.04. The number of carboxylic acids is 1. The molecule has 0 saturated carbocycles. The van der Waals surface area contributed by atoms with Gasteiger partial charge in [0.05, 0.1) is 11.2 Å². The minimum atomic E-state index is -0.878. The summed E-state index contributed by atoms with van der Waals surface area (Å²) in [4.78, 5) is 13.2. The Morgan fingerprint density at radius 1 is 1.37 bits per heavy atom. The number of hydrogen-bond acceptors (Lipinski definition) is 3. The van der Waals surface area contributed by atoms with Crippen LogP contribution in [0.2, 0.25) is 0 Å². The maximum absolute atomic E-state index is 11.0. The van der Waals surface area contributed by atoms with Gasteiger partial charge in [0.1, 0.15) is 0 Å². The van der Waals surface area contributed by atoms with Crippen molar-refractivity contribution in [3.8, 4) is 0 Å². The van der Waals surface area contributed by atoms with E-state index < -0.39 is 11.6 Å². The summed E-state index contributed by atoms with van der Waals surface area (Å²) in [6.07, 6.45) is 1.67. The SMILES string of the molecule is CC(C)(O)CCN1CCc2ccc(C(=O)O)cc2C1. The Hall–Kier alpha value is -1.39. The number of carbonyl (C=O) groups is 1. The lowest BCUT2D eigenvalue weighted by atomic mass is 9.96. The van der Waals surface area contributed by atoms with Crippen molar-refractivity contribution in [3.63, 3.8) is 0 Å². The van der Waals surface area contributed by atoms with Gasteiger partial charge in [-0.25, -0.2) is 4.79 Å². The summed E-state index contributed by atoms with van der Waals surface area (Å²) >= 11 is 0. The highest BCUT2D eigenvalue weighted by atomic mass is 16.4. The smallest absolute Gasteiger partial charge is 0.335 e. The van der Waals surface area contributed by atoms with Crippen molar-refractivity contribution >= 4 is 5.97 Å². The molecule has 1 heterocycles. The zero-order valence-corrected chi connectivity index (χ0v) is 11.5. The average Bonchev–Trinajstić information content (AvgIpc) is 2.34. The zero-order valence-electron chi connectivity index (χ0n) is 11.5. The Balaban J connectivity index is 2.05. The van der Waals surface area contributed by atoms with Crippen LogP contribution in [-0.4, -0.2) is 39.8 Å². The zero-order chi connectivity index (χ0) is 14.0. The van der Waals surface area contributed by atoms with Gasteiger partial charge in [-0.3, -0.25) is 4.90 Å². The van der Waals surface area contributed by atoms with E-state index in [1.54, 1.807) is 12.1 Å². The van der Waals surface area contributed by atoms with Crippen LogP contribution in [-0.2, 0) is 13.0 Å². The molecule has 19 heavy (non-hydrogen) atoms. The maximum Gasteiger partial charge on any atom is 0.335 e. The second-order valence-corrected chi connectivity index (χ2v) is 5.88. The van der Waals surface area contributed by atoms with Crippen molar-refractivity contribution < 1.29 is 15.0 Å². The normalized spacial score (nSPS) is 16.2. The Morgan fingerprint density at radius 2 is 2.11 bits per heavy atom. The Labute approximate surface area is 113 Å². The first-order chi connectivity index (χ1) is 8.85. The van der Waals surface area contributed by atoms with Gasteiger partial charge < -0.3 is 10.2 Å². The topological polar surface area (TPSA) is 60.8 Å². The molecular weight excluding hydrogens is 242 g/mol. The Bertz CT molecular complexity index is 477. The lowest BCUT2D eigenvalue weighted by Crippen LogP contribution is -2.35. The van der Waals surface area contributed by atoms with Crippen LogP contribution in [0.4, 0.5) is 0 Å².